The van der Waals surface area contributed by atoms with E-state index in [2.05, 4.69) is 51.7 Å². The van der Waals surface area contributed by atoms with Gasteiger partial charge >= 0.3 is 0 Å². The van der Waals surface area contributed by atoms with Crippen LogP contribution in [0.25, 0.3) is 10.9 Å². The number of carbonyl (C=O) groups is 1. The average molecular weight is 358 g/mol. The van der Waals surface area contributed by atoms with Gasteiger partial charge in [-0.25, -0.2) is 0 Å². The molecular formula is C17H25Cl2N3O. The number of fused-ring (bicyclic) bond motifs is 1. The zero-order chi connectivity index (χ0) is 14.7. The molecular weight excluding hydrogens is 333 g/mol. The predicted octanol–water partition coefficient (Wildman–Crippen LogP) is 2.85. The Bertz CT molecular complexity index is 625. The summed E-state index contributed by atoms with van der Waals surface area (Å²) in [7, 11) is 0. The minimum absolute atomic E-state index is 0. The van der Waals surface area contributed by atoms with Crippen molar-refractivity contribution >= 4 is 41.6 Å². The summed E-state index contributed by atoms with van der Waals surface area (Å²) in [6, 6.07) is 10.5. The maximum absolute atomic E-state index is 12.0. The number of nitrogens with one attached hydrogen (secondary N) is 2. The van der Waals surface area contributed by atoms with Gasteiger partial charge in [0.2, 0.25) is 5.91 Å². The summed E-state index contributed by atoms with van der Waals surface area (Å²) in [5, 5.41) is 7.55. The van der Waals surface area contributed by atoms with E-state index < -0.39 is 0 Å². The number of nitrogens with zero attached hydrogens (tertiary/aromatic N) is 1. The lowest BCUT2D eigenvalue weighted by Gasteiger charge is -2.31. The van der Waals surface area contributed by atoms with E-state index in [4.69, 9.17) is 0 Å². The molecule has 0 saturated carbocycles. The number of aryl methyl sites for hydroxylation is 1. The lowest BCUT2D eigenvalue weighted by atomic mass is 9.88. The zero-order valence-electron chi connectivity index (χ0n) is 13.3. The van der Waals surface area contributed by atoms with Crippen LogP contribution in [0.3, 0.4) is 0 Å². The Morgan fingerprint density at radius 1 is 1.30 bits per heavy atom. The fourth-order valence-electron chi connectivity index (χ4n) is 2.84. The van der Waals surface area contributed by atoms with Crippen molar-refractivity contribution < 1.29 is 4.79 Å². The summed E-state index contributed by atoms with van der Waals surface area (Å²) in [4.78, 5) is 12.0. The topological polar surface area (TPSA) is 46.1 Å². The minimum Gasteiger partial charge on any atom is -0.356 e. The second-order valence-corrected chi connectivity index (χ2v) is 5.92. The third-order valence-corrected chi connectivity index (χ3v) is 4.49. The van der Waals surface area contributed by atoms with Crippen molar-refractivity contribution in [3.05, 3.63) is 36.5 Å². The Balaban J connectivity index is 0.00000132. The van der Waals surface area contributed by atoms with Gasteiger partial charge in [-0.15, -0.1) is 24.8 Å². The van der Waals surface area contributed by atoms with Gasteiger partial charge in [0.05, 0.1) is 0 Å². The van der Waals surface area contributed by atoms with Crippen molar-refractivity contribution in [1.29, 1.82) is 0 Å². The van der Waals surface area contributed by atoms with Crippen molar-refractivity contribution in [2.24, 2.45) is 11.8 Å². The minimum atomic E-state index is 0. The molecule has 23 heavy (non-hydrogen) atoms. The largest absolute Gasteiger partial charge is 0.356 e. The first-order valence-electron chi connectivity index (χ1n) is 7.78. The van der Waals surface area contributed by atoms with E-state index >= 15 is 0 Å². The van der Waals surface area contributed by atoms with E-state index in [0.717, 1.165) is 32.6 Å². The van der Waals surface area contributed by atoms with E-state index in [-0.39, 0.29) is 36.6 Å². The molecule has 0 bridgehead atoms. The molecule has 1 saturated heterocycles. The Labute approximate surface area is 149 Å². The average Bonchev–Trinajstić information content (AvgIpc) is 2.85. The number of carbonyl (C=O) groups excluding carboxylic acids is 1. The fraction of sp³-hybridized carbons (Fsp3) is 0.471. The number of amides is 1. The predicted molar refractivity (Wildman–Crippen MR) is 99.6 cm³/mol. The van der Waals surface area contributed by atoms with E-state index in [1.165, 1.54) is 10.9 Å². The molecule has 2 heterocycles. The first kappa shape index (κ1) is 19.8. The maximum atomic E-state index is 12.0. The van der Waals surface area contributed by atoms with Gasteiger partial charge in [-0.05, 0) is 42.9 Å². The van der Waals surface area contributed by atoms with Gasteiger partial charge in [-0.1, -0.05) is 25.1 Å². The Morgan fingerprint density at radius 3 is 2.74 bits per heavy atom. The molecule has 6 heteroatoms. The highest BCUT2D eigenvalue weighted by Gasteiger charge is 2.28. The van der Waals surface area contributed by atoms with Crippen LogP contribution in [0, 0.1) is 11.8 Å². The molecule has 1 amide bonds. The molecule has 3 rings (SSSR count). The number of para-hydroxylation sites is 1. The van der Waals surface area contributed by atoms with E-state index in [1.807, 2.05) is 6.92 Å². The van der Waals surface area contributed by atoms with E-state index in [1.54, 1.807) is 0 Å². The number of hydrogen-bond donors (Lipinski definition) is 2. The Morgan fingerprint density at radius 2 is 2.04 bits per heavy atom. The number of halogens is 2. The number of aromatic nitrogens is 1. The molecule has 1 atom stereocenters. The van der Waals surface area contributed by atoms with Crippen LogP contribution >= 0.6 is 24.8 Å². The molecule has 1 unspecified atom stereocenters. The first-order chi connectivity index (χ1) is 10.3. The van der Waals surface area contributed by atoms with Crippen molar-refractivity contribution in [3.63, 3.8) is 0 Å². The lowest BCUT2D eigenvalue weighted by Crippen LogP contribution is -2.49. The molecule has 1 aromatic heterocycles. The SMILES string of the molecule is CC(C(=O)NCCCn1ccc2ccccc21)C1CNC1.Cl.Cl. The summed E-state index contributed by atoms with van der Waals surface area (Å²) in [6.07, 6.45) is 3.08. The third-order valence-electron chi connectivity index (χ3n) is 4.49. The second-order valence-electron chi connectivity index (χ2n) is 5.92. The van der Waals surface area contributed by atoms with Crippen LogP contribution in [0.2, 0.25) is 0 Å². The van der Waals surface area contributed by atoms with Crippen molar-refractivity contribution in [1.82, 2.24) is 15.2 Å². The maximum Gasteiger partial charge on any atom is 0.223 e. The third kappa shape index (κ3) is 4.63. The molecule has 4 nitrogen and oxygen atoms in total. The molecule has 2 N–H and O–H groups in total. The molecule has 1 fully saturated rings. The highest BCUT2D eigenvalue weighted by atomic mass is 35.5. The quantitative estimate of drug-likeness (QED) is 0.780. The normalized spacial score (nSPS) is 15.2. The van der Waals surface area contributed by atoms with Crippen molar-refractivity contribution in [2.75, 3.05) is 19.6 Å². The van der Waals surface area contributed by atoms with Crippen LogP contribution in [0.1, 0.15) is 13.3 Å². The van der Waals surface area contributed by atoms with Gasteiger partial charge in [0, 0.05) is 30.7 Å². The zero-order valence-corrected chi connectivity index (χ0v) is 15.0. The fourth-order valence-corrected chi connectivity index (χ4v) is 2.84. The molecule has 1 aliphatic rings. The number of rotatable bonds is 6. The molecule has 0 spiro atoms. The van der Waals surface area contributed by atoms with Gasteiger partial charge in [0.1, 0.15) is 0 Å². The van der Waals surface area contributed by atoms with Gasteiger partial charge in [-0.3, -0.25) is 4.79 Å². The van der Waals surface area contributed by atoms with E-state index in [0.29, 0.717) is 5.92 Å². The Hall–Kier alpha value is -1.23. The van der Waals surface area contributed by atoms with Crippen LogP contribution < -0.4 is 10.6 Å². The molecule has 1 aliphatic heterocycles. The first-order valence-corrected chi connectivity index (χ1v) is 7.78. The monoisotopic (exact) mass is 357 g/mol. The summed E-state index contributed by atoms with van der Waals surface area (Å²) in [5.74, 6) is 0.830. The highest BCUT2D eigenvalue weighted by molar-refractivity contribution is 5.85. The molecule has 1 aromatic carbocycles. The second kappa shape index (κ2) is 9.16. The molecule has 0 radical (unpaired) electrons. The lowest BCUT2D eigenvalue weighted by molar-refractivity contribution is -0.126. The highest BCUT2D eigenvalue weighted by Crippen LogP contribution is 2.16. The summed E-state index contributed by atoms with van der Waals surface area (Å²) >= 11 is 0. The number of hydrogen-bond acceptors (Lipinski definition) is 2. The van der Waals surface area contributed by atoms with E-state index in [9.17, 15) is 4.79 Å². The van der Waals surface area contributed by atoms with Crippen LogP contribution in [-0.2, 0) is 11.3 Å². The van der Waals surface area contributed by atoms with Crippen molar-refractivity contribution in [3.8, 4) is 0 Å². The van der Waals surface area contributed by atoms with Crippen molar-refractivity contribution in [2.45, 2.75) is 19.9 Å². The summed E-state index contributed by atoms with van der Waals surface area (Å²) < 4.78 is 2.25. The summed E-state index contributed by atoms with van der Waals surface area (Å²) in [5.41, 5.74) is 1.26. The van der Waals surface area contributed by atoms with Gasteiger partial charge in [0.15, 0.2) is 0 Å². The van der Waals surface area contributed by atoms with Crippen LogP contribution in [0.4, 0.5) is 0 Å². The molecule has 128 valence electrons. The molecule has 0 aliphatic carbocycles. The van der Waals surface area contributed by atoms with Gasteiger partial charge < -0.3 is 15.2 Å². The Kier molecular flexibility index (Phi) is 7.89. The van der Waals surface area contributed by atoms with Crippen LogP contribution in [0.5, 0.6) is 0 Å². The van der Waals surface area contributed by atoms with Crippen LogP contribution in [0.15, 0.2) is 36.5 Å². The summed E-state index contributed by atoms with van der Waals surface area (Å²) in [6.45, 7) is 5.66. The van der Waals surface area contributed by atoms with Crippen LogP contribution in [-0.4, -0.2) is 30.1 Å². The van der Waals surface area contributed by atoms with Gasteiger partial charge in [0.25, 0.3) is 0 Å². The standard InChI is InChI=1S/C17H23N3O.2ClH/c1-13(15-11-18-12-15)17(21)19-8-4-9-20-10-7-14-5-2-3-6-16(14)20;;/h2-3,5-7,10,13,15,18H,4,8-9,11-12H2,1H3,(H,19,21);2*1H. The number of benzene rings is 1. The van der Waals surface area contributed by atoms with Gasteiger partial charge in [-0.2, -0.15) is 0 Å². The molecule has 2 aromatic rings. The smallest absolute Gasteiger partial charge is 0.223 e.